The number of imidazole rings is 1. The van der Waals surface area contributed by atoms with Crippen LogP contribution in [0, 0.1) is 0 Å². The van der Waals surface area contributed by atoms with Crippen molar-refractivity contribution in [1.29, 1.82) is 0 Å². The Kier molecular flexibility index (Phi) is 7.98. The maximum atomic E-state index is 12.9. The molecular formula is C20H28N9O10P. The number of rotatable bonds is 10. The van der Waals surface area contributed by atoms with Gasteiger partial charge in [0.2, 0.25) is 11.9 Å². The van der Waals surface area contributed by atoms with Crippen LogP contribution in [0.3, 0.4) is 0 Å². The number of aromatic nitrogens is 7. The van der Waals surface area contributed by atoms with Crippen LogP contribution in [-0.4, -0.2) is 90.8 Å². The van der Waals surface area contributed by atoms with E-state index in [1.54, 1.807) is 0 Å². The molecule has 7 atom stereocenters. The molecule has 3 aromatic rings. The summed E-state index contributed by atoms with van der Waals surface area (Å²) < 4.78 is 48.7. The lowest BCUT2D eigenvalue weighted by Crippen LogP contribution is -2.30. The molecule has 2 saturated heterocycles. The maximum absolute atomic E-state index is 12.9. The van der Waals surface area contributed by atoms with Crippen LogP contribution < -0.4 is 22.7 Å². The third kappa shape index (κ3) is 5.77. The van der Waals surface area contributed by atoms with Gasteiger partial charge in [0, 0.05) is 27.1 Å². The summed E-state index contributed by atoms with van der Waals surface area (Å²) in [6.45, 7) is -0.362. The number of hydrogen-bond donors (Lipinski definition) is 4. The van der Waals surface area contributed by atoms with Crippen molar-refractivity contribution < 1.29 is 37.5 Å². The number of phosphoric acid groups is 1. The second kappa shape index (κ2) is 11.3. The molecule has 0 saturated carbocycles. The minimum atomic E-state index is -4.66. The molecule has 0 aromatic carbocycles. The van der Waals surface area contributed by atoms with E-state index in [1.165, 1.54) is 31.4 Å². The molecular weight excluding hydrogens is 557 g/mol. The number of nitrogens with two attached hydrogens (primary N) is 2. The number of nitrogens with zero attached hydrogens (tertiary/aromatic N) is 6. The topological polar surface area (TPSA) is 256 Å². The zero-order valence-electron chi connectivity index (χ0n) is 21.4. The van der Waals surface area contributed by atoms with Gasteiger partial charge in [-0.25, -0.2) is 19.3 Å². The van der Waals surface area contributed by atoms with Crippen LogP contribution in [0.25, 0.3) is 11.2 Å². The van der Waals surface area contributed by atoms with Crippen LogP contribution in [-0.2, 0) is 32.6 Å². The summed E-state index contributed by atoms with van der Waals surface area (Å²) in [5, 5.41) is 0. The van der Waals surface area contributed by atoms with Gasteiger partial charge < -0.3 is 35.3 Å². The minimum absolute atomic E-state index is 0.0293. The first kappa shape index (κ1) is 28.2. The van der Waals surface area contributed by atoms with Crippen molar-refractivity contribution in [2.75, 3.05) is 38.9 Å². The number of H-pyrrole nitrogens is 1. The largest absolute Gasteiger partial charge is 0.472 e. The molecule has 2 aliphatic rings. The van der Waals surface area contributed by atoms with Crippen LogP contribution in [0.2, 0.25) is 0 Å². The van der Waals surface area contributed by atoms with E-state index in [9.17, 15) is 19.0 Å². The van der Waals surface area contributed by atoms with Gasteiger partial charge in [-0.3, -0.25) is 28.0 Å². The van der Waals surface area contributed by atoms with E-state index in [0.29, 0.717) is 0 Å². The molecule has 5 heterocycles. The molecule has 3 aromatic heterocycles. The average molecular weight is 585 g/mol. The Bertz CT molecular complexity index is 1530. The Morgan fingerprint density at radius 1 is 1.05 bits per heavy atom. The van der Waals surface area contributed by atoms with Gasteiger partial charge in [0.25, 0.3) is 5.56 Å². The fourth-order valence-corrected chi connectivity index (χ4v) is 5.60. The van der Waals surface area contributed by atoms with Crippen molar-refractivity contribution in [3.05, 3.63) is 33.5 Å². The molecule has 0 amide bonds. The van der Waals surface area contributed by atoms with Gasteiger partial charge in [-0.15, -0.1) is 0 Å². The highest BCUT2D eigenvalue weighted by molar-refractivity contribution is 7.47. The Hall–Kier alpha value is -3.29. The number of methoxy groups -OCH3 is 2. The zero-order valence-corrected chi connectivity index (χ0v) is 22.2. The fourth-order valence-electron chi connectivity index (χ4n) is 4.64. The second-order valence-corrected chi connectivity index (χ2v) is 10.5. The van der Waals surface area contributed by atoms with Gasteiger partial charge in [-0.05, 0) is 0 Å². The Labute approximate surface area is 225 Å². The van der Waals surface area contributed by atoms with Gasteiger partial charge in [0.1, 0.15) is 37.1 Å². The quantitative estimate of drug-likeness (QED) is 0.201. The van der Waals surface area contributed by atoms with E-state index < -0.39 is 62.6 Å². The molecule has 0 radical (unpaired) electrons. The number of anilines is 2. The first-order valence-electron chi connectivity index (χ1n) is 12.0. The van der Waals surface area contributed by atoms with Crippen molar-refractivity contribution in [2.24, 2.45) is 0 Å². The summed E-state index contributed by atoms with van der Waals surface area (Å²) in [7, 11) is -1.79. The van der Waals surface area contributed by atoms with Crippen LogP contribution in [0.1, 0.15) is 25.3 Å². The van der Waals surface area contributed by atoms with E-state index in [0.717, 1.165) is 4.57 Å². The molecule has 2 fully saturated rings. The molecule has 2 unspecified atom stereocenters. The lowest BCUT2D eigenvalue weighted by atomic mass is 10.2. The Morgan fingerprint density at radius 2 is 1.73 bits per heavy atom. The number of ether oxygens (including phenoxy) is 4. The van der Waals surface area contributed by atoms with Crippen molar-refractivity contribution in [1.82, 2.24) is 34.1 Å². The Morgan fingerprint density at radius 3 is 2.42 bits per heavy atom. The fraction of sp³-hybridized carbons (Fsp3) is 0.600. The first-order valence-corrected chi connectivity index (χ1v) is 13.5. The number of nitrogen functional groups attached to an aromatic ring is 2. The number of nitrogens with one attached hydrogen (secondary N) is 1. The zero-order chi connectivity index (χ0) is 28.6. The van der Waals surface area contributed by atoms with E-state index in [4.69, 9.17) is 39.5 Å². The summed E-state index contributed by atoms with van der Waals surface area (Å²) in [6.07, 6.45) is -1.83. The van der Waals surface area contributed by atoms with Crippen LogP contribution >= 0.6 is 7.82 Å². The smallest absolute Gasteiger partial charge is 0.382 e. The highest BCUT2D eigenvalue weighted by atomic mass is 31.2. The Balaban J connectivity index is 1.25. The van der Waals surface area contributed by atoms with Crippen LogP contribution in [0.4, 0.5) is 11.9 Å². The van der Waals surface area contributed by atoms with E-state index in [-0.39, 0.29) is 42.5 Å². The van der Waals surface area contributed by atoms with Crippen molar-refractivity contribution in [3.8, 4) is 0 Å². The third-order valence-corrected chi connectivity index (χ3v) is 7.49. The number of fused-ring (bicyclic) bond motifs is 1. The summed E-state index contributed by atoms with van der Waals surface area (Å²) in [5.74, 6) is -0.285. The summed E-state index contributed by atoms with van der Waals surface area (Å²) in [5.41, 5.74) is 10.1. The molecule has 0 spiro atoms. The van der Waals surface area contributed by atoms with Gasteiger partial charge in [0.05, 0.1) is 25.6 Å². The molecule has 6 N–H and O–H groups in total. The molecule has 0 aliphatic carbocycles. The predicted molar refractivity (Wildman–Crippen MR) is 134 cm³/mol. The maximum Gasteiger partial charge on any atom is 0.472 e. The summed E-state index contributed by atoms with van der Waals surface area (Å²) in [4.78, 5) is 52.7. The highest BCUT2D eigenvalue weighted by Gasteiger charge is 2.44. The van der Waals surface area contributed by atoms with Gasteiger partial charge in [-0.2, -0.15) is 9.97 Å². The van der Waals surface area contributed by atoms with Crippen LogP contribution in [0.15, 0.2) is 22.2 Å². The lowest BCUT2D eigenvalue weighted by molar-refractivity contribution is -0.0642. The lowest BCUT2D eigenvalue weighted by Gasteiger charge is -2.23. The SMILES string of the molecule is COC[C@H]1O[C@@H](n2cnc3c(=O)[nH]c(N)nc32)C[C@H]1OP(=O)(O)OC[C@H]1O[C@@H](n2cnc(N)nc2=O)CC1OC. The normalized spacial score (nSPS) is 28.3. The standard InChI is InChI=1S/C20H28N9O10P/c1-34-5-11-10(4-13(37-11)28-7-23-15-16(28)25-19(22)26-17(15)30)39-40(32,33)36-6-12-9(35-2)3-14(38-12)29-8-24-18(21)27-20(29)31/h7-14H,3-6H2,1-2H3,(H,32,33)(H2,21,27,31)(H3,22,25,26,30)/t9?,10-,11-,12-,13-,14-/m1/s1. The van der Waals surface area contributed by atoms with E-state index in [1.807, 2.05) is 0 Å². The minimum Gasteiger partial charge on any atom is -0.382 e. The van der Waals surface area contributed by atoms with Crippen molar-refractivity contribution in [2.45, 2.75) is 49.7 Å². The summed E-state index contributed by atoms with van der Waals surface area (Å²) >= 11 is 0. The van der Waals surface area contributed by atoms with E-state index in [2.05, 4.69) is 24.9 Å². The highest BCUT2D eigenvalue weighted by Crippen LogP contribution is 2.49. The monoisotopic (exact) mass is 585 g/mol. The molecule has 40 heavy (non-hydrogen) atoms. The van der Waals surface area contributed by atoms with E-state index >= 15 is 0 Å². The third-order valence-electron chi connectivity index (χ3n) is 6.48. The number of aromatic amines is 1. The predicted octanol–water partition coefficient (Wildman–Crippen LogP) is -1.33. The molecule has 20 heteroatoms. The van der Waals surface area contributed by atoms with Crippen molar-refractivity contribution >= 4 is 30.9 Å². The molecule has 2 aliphatic heterocycles. The average Bonchev–Trinajstić information content (AvgIpc) is 3.60. The molecule has 19 nitrogen and oxygen atoms in total. The number of phosphoric ester groups is 1. The molecule has 5 rings (SSSR count). The van der Waals surface area contributed by atoms with Gasteiger partial charge in [-0.1, -0.05) is 0 Å². The molecule has 218 valence electrons. The van der Waals surface area contributed by atoms with Gasteiger partial charge in [0.15, 0.2) is 11.2 Å². The second-order valence-electron chi connectivity index (χ2n) is 9.05. The van der Waals surface area contributed by atoms with Crippen LogP contribution in [0.5, 0.6) is 0 Å². The van der Waals surface area contributed by atoms with Crippen molar-refractivity contribution in [3.63, 3.8) is 0 Å². The first-order chi connectivity index (χ1) is 19.1. The number of hydrogen-bond acceptors (Lipinski definition) is 15. The van der Waals surface area contributed by atoms with Gasteiger partial charge >= 0.3 is 13.5 Å². The summed E-state index contributed by atoms with van der Waals surface area (Å²) in [6, 6.07) is 0. The molecule has 0 bridgehead atoms.